The molecule has 2 saturated heterocycles. The van der Waals surface area contributed by atoms with Gasteiger partial charge in [0.05, 0.1) is 333 Å². The van der Waals surface area contributed by atoms with E-state index < -0.39 is 40.4 Å². The molecule has 45 heteroatoms. The lowest BCUT2D eigenvalue weighted by atomic mass is 9.83. The molecular formula is C102H176N6O36S3. The monoisotopic (exact) mass is 2160 g/mol. The van der Waals surface area contributed by atoms with Gasteiger partial charge >= 0.3 is 12.1 Å². The summed E-state index contributed by atoms with van der Waals surface area (Å²) in [6.45, 7) is 33.3. The van der Waals surface area contributed by atoms with Crippen molar-refractivity contribution in [3.8, 4) is 5.75 Å². The molecule has 2 unspecified atom stereocenters. The third-order valence-corrected chi connectivity index (χ3v) is 26.9. The fraction of sp³-hybridized carbons (Fsp3) is 0.824. The Morgan fingerprint density at radius 1 is 0.497 bits per heavy atom. The quantitative estimate of drug-likeness (QED) is 0.0239. The van der Waals surface area contributed by atoms with Gasteiger partial charge in [0.2, 0.25) is 17.7 Å². The molecule has 2 aliphatic rings. The first kappa shape index (κ1) is 135. The summed E-state index contributed by atoms with van der Waals surface area (Å²) in [6, 6.07) is 3.97. The summed E-state index contributed by atoms with van der Waals surface area (Å²) in [5.41, 5.74) is 1.12. The van der Waals surface area contributed by atoms with Crippen LogP contribution in [0.15, 0.2) is 23.6 Å². The molecule has 0 radical (unpaired) electrons. The lowest BCUT2D eigenvalue weighted by molar-refractivity contribution is -0.192. The Hall–Kier alpha value is -5.91. The van der Waals surface area contributed by atoms with Gasteiger partial charge in [0.15, 0.2) is 11.9 Å². The highest BCUT2D eigenvalue weighted by Gasteiger charge is 2.40. The zero-order valence-electron chi connectivity index (χ0n) is 88.7. The number of phenols is 1. The number of likely N-dealkylation sites (tertiary alicyclic amines) is 1. The summed E-state index contributed by atoms with van der Waals surface area (Å²) < 4.78 is 133. The van der Waals surface area contributed by atoms with E-state index in [-0.39, 0.29) is 127 Å². The fourth-order valence-electron chi connectivity index (χ4n) is 14.9. The minimum absolute atomic E-state index is 0.00140. The number of phenolic OH excluding ortho intramolecular Hbond substituents is 1. The molecule has 147 heavy (non-hydrogen) atoms. The molecule has 8 atom stereocenters. The fourth-order valence-corrected chi connectivity index (χ4v) is 19.0. The number of esters is 1. The van der Waals surface area contributed by atoms with Gasteiger partial charge in [0.25, 0.3) is 5.91 Å². The highest BCUT2D eigenvalue weighted by molar-refractivity contribution is 8.20. The zero-order chi connectivity index (χ0) is 107. The van der Waals surface area contributed by atoms with Crippen molar-refractivity contribution in [2.45, 2.75) is 185 Å². The minimum atomic E-state index is -0.858. The van der Waals surface area contributed by atoms with Crippen LogP contribution in [0.5, 0.6) is 5.75 Å². The molecule has 0 bridgehead atoms. The molecule has 42 nitrogen and oxygen atoms in total. The maximum atomic E-state index is 14.5. The summed E-state index contributed by atoms with van der Waals surface area (Å²) in [5, 5.41) is 30.0. The van der Waals surface area contributed by atoms with Crippen LogP contribution < -0.4 is 16.0 Å². The van der Waals surface area contributed by atoms with Gasteiger partial charge in [0, 0.05) is 87.5 Å². The largest absolute Gasteiger partial charge is 0.506 e. The summed E-state index contributed by atoms with van der Waals surface area (Å²) in [7, 11) is 3.73. The van der Waals surface area contributed by atoms with Crippen molar-refractivity contribution in [3.05, 3.63) is 39.8 Å². The second-order valence-corrected chi connectivity index (χ2v) is 38.3. The third kappa shape index (κ3) is 71.6. The number of anilines is 1. The first-order valence-electron chi connectivity index (χ1n) is 52.2. The van der Waals surface area contributed by atoms with E-state index in [0.29, 0.717) is 359 Å². The van der Waals surface area contributed by atoms with Crippen LogP contribution in [0.1, 0.15) is 171 Å². The van der Waals surface area contributed by atoms with Gasteiger partial charge in [-0.25, -0.2) is 4.98 Å². The van der Waals surface area contributed by atoms with E-state index in [9.17, 15) is 43.5 Å². The number of ketones is 3. The number of likely N-dealkylation sites (N-methyl/N-ethyl adjacent to an activating group) is 1. The molecule has 3 heterocycles. The van der Waals surface area contributed by atoms with Crippen LogP contribution in [-0.4, -0.2) is 450 Å². The van der Waals surface area contributed by atoms with Crippen molar-refractivity contribution in [2.75, 3.05) is 348 Å². The number of carbonyl (C=O) groups is 8. The number of aromatic hydroxyl groups is 1. The summed E-state index contributed by atoms with van der Waals surface area (Å²) >= 11 is 4.13. The van der Waals surface area contributed by atoms with Crippen LogP contribution in [-0.2, 0) is 163 Å². The zero-order valence-corrected chi connectivity index (χ0v) is 91.2. The van der Waals surface area contributed by atoms with Crippen LogP contribution >= 0.6 is 34.9 Å². The summed E-state index contributed by atoms with van der Waals surface area (Å²) in [6.07, 6.45) is 7.79. The first-order valence-corrected chi connectivity index (χ1v) is 55.2. The number of aromatic nitrogens is 1. The molecule has 2 fully saturated rings. The van der Waals surface area contributed by atoms with E-state index in [2.05, 4.69) is 20.9 Å². The lowest BCUT2D eigenvalue weighted by Gasteiger charge is -2.37. The Balaban J connectivity index is 0.0000183. The molecule has 2 aromatic rings. The number of unbranched alkanes of at least 4 members (excludes halogenated alkanes) is 2. The number of benzene rings is 1. The van der Waals surface area contributed by atoms with Crippen LogP contribution in [0, 0.1) is 17.8 Å². The molecule has 848 valence electrons. The van der Waals surface area contributed by atoms with Gasteiger partial charge in [-0.3, -0.25) is 43.3 Å². The van der Waals surface area contributed by atoms with E-state index in [1.54, 1.807) is 29.5 Å². The van der Waals surface area contributed by atoms with Crippen LogP contribution in [0.4, 0.5) is 5.69 Å². The van der Waals surface area contributed by atoms with Gasteiger partial charge in [-0.15, -0.1) is 34.9 Å². The lowest BCUT2D eigenvalue weighted by Crippen LogP contribution is -2.48. The van der Waals surface area contributed by atoms with E-state index >= 15 is 0 Å². The second-order valence-electron chi connectivity index (χ2n) is 34.8. The highest BCUT2D eigenvalue weighted by atomic mass is 32.2. The Morgan fingerprint density at radius 2 is 0.857 bits per heavy atom. The minimum Gasteiger partial charge on any atom is -0.506 e. The van der Waals surface area contributed by atoms with Crippen molar-refractivity contribution in [1.29, 1.82) is 0 Å². The normalized spacial score (nSPS) is 15.3. The van der Waals surface area contributed by atoms with Gasteiger partial charge in [-0.2, -0.15) is 9.59 Å². The molecule has 4 amide bonds. The molecule has 2 aliphatic heterocycles. The predicted molar refractivity (Wildman–Crippen MR) is 551 cm³/mol. The number of hydrogen-bond acceptors (Lipinski definition) is 41. The summed E-state index contributed by atoms with van der Waals surface area (Å²) in [5.74, 6) is -2.23. The van der Waals surface area contributed by atoms with E-state index in [4.69, 9.17) is 133 Å². The van der Waals surface area contributed by atoms with Crippen molar-refractivity contribution < 1.29 is 172 Å². The number of hydrogen-bond donors (Lipinski definition) is 5. The number of ether oxygens (including phenoxy) is 24. The maximum absolute atomic E-state index is 14.5. The van der Waals surface area contributed by atoms with Crippen LogP contribution in [0.25, 0.3) is 0 Å². The number of carbonyl (C=O) groups excluding carboxylic acids is 10. The highest BCUT2D eigenvalue weighted by Crippen LogP contribution is 2.40. The Morgan fingerprint density at radius 3 is 1.20 bits per heavy atom. The molecule has 4 rings (SSSR count). The number of nitrogens with one attached hydrogen (secondary N) is 3. The number of piperidine rings is 1. The van der Waals surface area contributed by atoms with Crippen LogP contribution in [0.2, 0.25) is 0 Å². The number of aliphatic hydroxyl groups excluding tert-OH is 1. The molecule has 5 N–H and O–H groups in total. The number of amides is 4. The van der Waals surface area contributed by atoms with Crippen LogP contribution in [0.3, 0.4) is 0 Å². The Bertz CT molecular complexity index is 3650. The topological polar surface area (TPSA) is 488 Å². The van der Waals surface area contributed by atoms with Crippen molar-refractivity contribution in [2.24, 2.45) is 17.8 Å². The second kappa shape index (κ2) is 94.8. The Labute approximate surface area is 883 Å². The predicted octanol–water partition coefficient (Wildman–Crippen LogP) is 7.85. The summed E-state index contributed by atoms with van der Waals surface area (Å²) in [4.78, 5) is 132. The van der Waals surface area contributed by atoms with Gasteiger partial charge in [0.1, 0.15) is 28.0 Å². The maximum Gasteiger partial charge on any atom is 0.373 e. The van der Waals surface area contributed by atoms with E-state index in [1.807, 2.05) is 41.7 Å². The number of nitrogens with zero attached hydrogens (tertiary/aromatic N) is 3. The van der Waals surface area contributed by atoms with Gasteiger partial charge < -0.3 is 145 Å². The SMILES string of the molecule is CCC[C@H](Cc1ccc(O)c(NC(=O)CCCCC(=O)C2SCSC2C(=O)CCCCC(=O)NCCOCCOCCOCCOCCOCCOCCOCCOCCOCCOCCOCCOCCOCCOCCOCCOCCOCCOCCOCCOCCOCCOCCOCCO)c1)NC(=O)c1csc([C@@H](C[C@H](C(C)C)N(C)C(=O)[C@@H](CC(=O)[C@H]2CCCCN2C)[C@@H](C)CC)OC(C)=O)n1.O=C=O. The van der Waals surface area contributed by atoms with Gasteiger partial charge in [-0.1, -0.05) is 59.9 Å². The molecule has 0 aliphatic carbocycles. The Kier molecular flexibility index (Phi) is 87.2. The average molecular weight is 2160 g/mol. The number of rotatable bonds is 102. The van der Waals surface area contributed by atoms with E-state index in [1.165, 1.54) is 47.9 Å². The molecule has 0 saturated carbocycles. The first-order chi connectivity index (χ1) is 71.7. The average Bonchev–Trinajstić information content (AvgIpc) is 1.81. The number of Topliss-reactive ketones (excluding diaryl/α,β-unsaturated/α-hetero) is 3. The molecule has 1 aromatic carbocycles. The molecular weight excluding hydrogens is 1980 g/mol. The number of aliphatic hydroxyl groups is 1. The molecule has 1 aromatic heterocycles. The number of thiazole rings is 1. The van der Waals surface area contributed by atoms with Crippen molar-refractivity contribution >= 4 is 93.6 Å². The standard InChI is InChI=1S/C101H176N6O34S3.CO2/c1-9-17-84(103-99(116)87-78-142-100(105-87)94(141-82(6)109)77-89(80(3)4)107(8)101(117)85(81(5)10-2)76-93(113)88-18-15-16-26-106(88)7)74-83-23-24-90(110)86(75-83)104-96(115)22-14-12-20-92(112)98-97(143-79-144-98)91(111)19-11-13-21-95(114)102-25-28-118-30-32-120-34-36-122-38-40-124-42-44-126-46-48-128-50-52-130-54-56-132-58-60-134-62-64-136-66-68-138-70-72-140-73-71-139-69-67-137-65-63-135-61-59-133-57-55-131-53-51-129-49-47-127-45-43-125-41-39-123-37-35-121-33-31-119-29-27-108;2-1-3/h23-24,75,78,80-81,84-85,88-89,94,97-98,108,110H,9-22,25-74,76-77,79H2,1-8H3,(H,102,114)(H,103,116)(H,104,115);/t81-,84+,85-,88+,89+,94+,97?,98?;/m0./s1. The smallest absolute Gasteiger partial charge is 0.373 e. The van der Waals surface area contributed by atoms with E-state index in [0.717, 1.165) is 44.2 Å². The number of thioether (sulfide) groups is 2. The van der Waals surface area contributed by atoms with Gasteiger partial charge in [-0.05, 0) is 94.5 Å². The van der Waals surface area contributed by atoms with Crippen molar-refractivity contribution in [1.82, 2.24) is 25.4 Å². The third-order valence-electron chi connectivity index (χ3n) is 23.0. The molecule has 0 spiro atoms. The van der Waals surface area contributed by atoms with Crippen molar-refractivity contribution in [3.63, 3.8) is 0 Å².